The average Bonchev–Trinajstić information content (AvgIpc) is 2.46. The SMILES string of the molecule is CC1(C2=C[N]C=CS2)CCCCCCCCCC1. The third kappa shape index (κ3) is 4.08. The molecule has 0 unspecified atom stereocenters. The fraction of sp³-hybridized carbons (Fsp3) is 0.750. The van der Waals surface area contributed by atoms with Crippen molar-refractivity contribution < 1.29 is 0 Å². The molecule has 0 bridgehead atoms. The highest BCUT2D eigenvalue weighted by molar-refractivity contribution is 8.05. The Hall–Kier alpha value is -0.370. The van der Waals surface area contributed by atoms with Gasteiger partial charge in [0.05, 0.1) is 0 Å². The molecule has 1 heterocycles. The Labute approximate surface area is 116 Å². The molecule has 0 N–H and O–H groups in total. The van der Waals surface area contributed by atoms with E-state index in [0.717, 1.165) is 0 Å². The van der Waals surface area contributed by atoms with Crippen molar-refractivity contribution in [3.63, 3.8) is 0 Å². The highest BCUT2D eigenvalue weighted by atomic mass is 32.2. The van der Waals surface area contributed by atoms with Gasteiger partial charge in [-0.05, 0) is 18.2 Å². The van der Waals surface area contributed by atoms with Crippen molar-refractivity contribution in [2.24, 2.45) is 5.41 Å². The van der Waals surface area contributed by atoms with Crippen molar-refractivity contribution >= 4 is 11.8 Å². The van der Waals surface area contributed by atoms with E-state index >= 15 is 0 Å². The second-order valence-electron chi connectivity index (χ2n) is 5.93. The predicted octanol–water partition coefficient (Wildman–Crippen LogP) is 5.57. The number of hydrogen-bond donors (Lipinski definition) is 0. The molecule has 2 rings (SSSR count). The minimum atomic E-state index is 0.378. The molecule has 2 heteroatoms. The van der Waals surface area contributed by atoms with E-state index in [4.69, 9.17) is 0 Å². The number of nitrogens with zero attached hydrogens (tertiary/aromatic N) is 1. The molecule has 0 amide bonds. The lowest BCUT2D eigenvalue weighted by Crippen LogP contribution is -2.19. The number of rotatable bonds is 1. The van der Waals surface area contributed by atoms with Gasteiger partial charge in [0, 0.05) is 22.7 Å². The third-order valence-corrected chi connectivity index (χ3v) is 5.45. The zero-order chi connectivity index (χ0) is 12.7. The Kier molecular flexibility index (Phi) is 5.68. The van der Waals surface area contributed by atoms with Crippen LogP contribution in [0.1, 0.15) is 71.1 Å². The maximum atomic E-state index is 4.33. The molecule has 1 nitrogen and oxygen atoms in total. The molecular weight excluding hydrogens is 238 g/mol. The van der Waals surface area contributed by atoms with Gasteiger partial charge < -0.3 is 0 Å². The van der Waals surface area contributed by atoms with Crippen LogP contribution in [0.4, 0.5) is 0 Å². The molecule has 0 aromatic carbocycles. The van der Waals surface area contributed by atoms with Crippen LogP contribution in [0.25, 0.3) is 0 Å². The maximum absolute atomic E-state index is 4.33. The molecule has 2 aliphatic rings. The Morgan fingerprint density at radius 3 is 2.00 bits per heavy atom. The zero-order valence-corrected chi connectivity index (χ0v) is 12.5. The van der Waals surface area contributed by atoms with E-state index < -0.39 is 0 Å². The van der Waals surface area contributed by atoms with E-state index in [-0.39, 0.29) is 0 Å². The third-order valence-electron chi connectivity index (χ3n) is 4.34. The molecule has 0 saturated heterocycles. The average molecular weight is 264 g/mol. The largest absolute Gasteiger partial charge is 0.263 e. The van der Waals surface area contributed by atoms with E-state index in [2.05, 4.69) is 23.8 Å². The molecule has 1 fully saturated rings. The van der Waals surface area contributed by atoms with Crippen molar-refractivity contribution in [1.82, 2.24) is 5.32 Å². The van der Waals surface area contributed by atoms with Crippen LogP contribution in [0.5, 0.6) is 0 Å². The Morgan fingerprint density at radius 2 is 1.50 bits per heavy atom. The van der Waals surface area contributed by atoms with Crippen LogP contribution in [0, 0.1) is 5.41 Å². The van der Waals surface area contributed by atoms with Gasteiger partial charge in [-0.2, -0.15) is 0 Å². The molecule has 18 heavy (non-hydrogen) atoms. The van der Waals surface area contributed by atoms with Gasteiger partial charge in [-0.3, -0.25) is 5.32 Å². The summed E-state index contributed by atoms with van der Waals surface area (Å²) in [6.07, 6.45) is 18.1. The van der Waals surface area contributed by atoms with Crippen molar-refractivity contribution in [2.45, 2.75) is 71.1 Å². The van der Waals surface area contributed by atoms with E-state index in [1.165, 1.54) is 69.1 Å². The topological polar surface area (TPSA) is 14.1 Å². The molecule has 1 aliphatic heterocycles. The van der Waals surface area contributed by atoms with E-state index in [9.17, 15) is 0 Å². The van der Waals surface area contributed by atoms with Crippen LogP contribution >= 0.6 is 11.8 Å². The van der Waals surface area contributed by atoms with Crippen molar-refractivity contribution in [3.05, 3.63) is 22.7 Å². The molecule has 1 saturated carbocycles. The highest BCUT2D eigenvalue weighted by Crippen LogP contribution is 2.45. The van der Waals surface area contributed by atoms with E-state index in [0.29, 0.717) is 5.41 Å². The smallest absolute Gasteiger partial charge is 0.0372 e. The van der Waals surface area contributed by atoms with E-state index in [1.54, 1.807) is 0 Å². The Balaban J connectivity index is 1.98. The van der Waals surface area contributed by atoms with Crippen LogP contribution in [0.15, 0.2) is 22.7 Å². The number of thioether (sulfide) groups is 1. The van der Waals surface area contributed by atoms with Crippen LogP contribution < -0.4 is 5.32 Å². The maximum Gasteiger partial charge on any atom is 0.0372 e. The lowest BCUT2D eigenvalue weighted by molar-refractivity contribution is 0.326. The van der Waals surface area contributed by atoms with Gasteiger partial charge in [0.25, 0.3) is 0 Å². The molecule has 0 spiro atoms. The van der Waals surface area contributed by atoms with Crippen molar-refractivity contribution in [1.29, 1.82) is 0 Å². The van der Waals surface area contributed by atoms with Gasteiger partial charge >= 0.3 is 0 Å². The Bertz CT molecular complexity index is 294. The molecule has 1 aliphatic carbocycles. The summed E-state index contributed by atoms with van der Waals surface area (Å²) in [6.45, 7) is 2.46. The van der Waals surface area contributed by atoms with Gasteiger partial charge in [0.2, 0.25) is 0 Å². The summed E-state index contributed by atoms with van der Waals surface area (Å²) >= 11 is 1.89. The molecule has 0 aromatic rings. The van der Waals surface area contributed by atoms with Crippen LogP contribution in [0.2, 0.25) is 0 Å². The first-order valence-electron chi connectivity index (χ1n) is 7.54. The lowest BCUT2D eigenvalue weighted by atomic mass is 9.79. The summed E-state index contributed by atoms with van der Waals surface area (Å²) in [5.74, 6) is 0. The van der Waals surface area contributed by atoms with Gasteiger partial charge in [-0.1, -0.05) is 70.1 Å². The molecular formula is C16H26NS. The first kappa shape index (κ1) is 14.0. The monoisotopic (exact) mass is 264 g/mol. The summed E-state index contributed by atoms with van der Waals surface area (Å²) in [5.41, 5.74) is 0.378. The fourth-order valence-corrected chi connectivity index (χ4v) is 3.93. The summed E-state index contributed by atoms with van der Waals surface area (Å²) in [6, 6.07) is 0. The van der Waals surface area contributed by atoms with Gasteiger partial charge in [0.15, 0.2) is 0 Å². The van der Waals surface area contributed by atoms with Crippen LogP contribution in [-0.4, -0.2) is 0 Å². The summed E-state index contributed by atoms with van der Waals surface area (Å²) in [5, 5.41) is 6.46. The molecule has 101 valence electrons. The molecule has 0 aromatic heterocycles. The molecule has 1 radical (unpaired) electrons. The number of hydrogen-bond acceptors (Lipinski definition) is 1. The highest BCUT2D eigenvalue weighted by Gasteiger charge is 2.29. The summed E-state index contributed by atoms with van der Waals surface area (Å²) in [7, 11) is 0. The first-order valence-corrected chi connectivity index (χ1v) is 8.41. The van der Waals surface area contributed by atoms with Crippen molar-refractivity contribution in [3.8, 4) is 0 Å². The van der Waals surface area contributed by atoms with Crippen molar-refractivity contribution in [2.75, 3.05) is 0 Å². The van der Waals surface area contributed by atoms with Gasteiger partial charge in [-0.15, -0.1) is 0 Å². The minimum absolute atomic E-state index is 0.378. The van der Waals surface area contributed by atoms with Crippen LogP contribution in [-0.2, 0) is 0 Å². The zero-order valence-electron chi connectivity index (χ0n) is 11.7. The summed E-state index contributed by atoms with van der Waals surface area (Å²) in [4.78, 5) is 1.49. The Morgan fingerprint density at radius 1 is 0.944 bits per heavy atom. The second kappa shape index (κ2) is 7.28. The summed E-state index contributed by atoms with van der Waals surface area (Å²) < 4.78 is 0. The van der Waals surface area contributed by atoms with Gasteiger partial charge in [0.1, 0.15) is 0 Å². The standard InChI is InChI=1S/C16H26NS/c1-16(15-14-17-12-13-18-15)10-8-6-4-2-3-5-7-9-11-16/h12-14H,2-11H2,1H3. The fourth-order valence-electron chi connectivity index (χ4n) is 3.04. The first-order chi connectivity index (χ1) is 8.81. The number of allylic oxidation sites excluding steroid dienone is 1. The van der Waals surface area contributed by atoms with Crippen LogP contribution in [0.3, 0.4) is 0 Å². The lowest BCUT2D eigenvalue weighted by Gasteiger charge is -2.32. The minimum Gasteiger partial charge on any atom is -0.263 e. The predicted molar refractivity (Wildman–Crippen MR) is 81.2 cm³/mol. The quantitative estimate of drug-likeness (QED) is 0.603. The second-order valence-corrected chi connectivity index (χ2v) is 6.88. The van der Waals surface area contributed by atoms with Gasteiger partial charge in [-0.25, -0.2) is 0 Å². The molecule has 0 atom stereocenters. The normalized spacial score (nSPS) is 25.7. The van der Waals surface area contributed by atoms with E-state index in [1.807, 2.05) is 18.0 Å².